The molecular weight excluding hydrogens is 623 g/mol. The van der Waals surface area contributed by atoms with Gasteiger partial charge in [0.1, 0.15) is 11.2 Å². The molecule has 0 amide bonds. The van der Waals surface area contributed by atoms with Gasteiger partial charge >= 0.3 is 0 Å². The van der Waals surface area contributed by atoms with Crippen LogP contribution in [0.2, 0.25) is 0 Å². The molecule has 0 atom stereocenters. The van der Waals surface area contributed by atoms with Crippen LogP contribution in [0.5, 0.6) is 0 Å². The van der Waals surface area contributed by atoms with Crippen molar-refractivity contribution in [2.45, 2.75) is 0 Å². The van der Waals surface area contributed by atoms with Gasteiger partial charge in [-0.2, -0.15) is 0 Å². The fourth-order valence-corrected chi connectivity index (χ4v) is 7.25. The topological polar surface area (TPSA) is 51.8 Å². The van der Waals surface area contributed by atoms with E-state index in [0.717, 1.165) is 82.4 Å². The second kappa shape index (κ2) is 11.9. The number of nitrogens with zero attached hydrogens (tertiary/aromatic N) is 3. The number of rotatable bonds is 5. The largest absolute Gasteiger partial charge is 0.455 e. The van der Waals surface area contributed by atoms with E-state index < -0.39 is 0 Å². The Hall–Kier alpha value is -6.91. The van der Waals surface area contributed by atoms with E-state index in [4.69, 9.17) is 19.4 Å². The Morgan fingerprint density at radius 3 is 1.41 bits per heavy atom. The quantitative estimate of drug-likeness (QED) is 0.174. The van der Waals surface area contributed by atoms with Crippen molar-refractivity contribution in [2.24, 2.45) is 0 Å². The van der Waals surface area contributed by atoms with Crippen LogP contribution in [0.25, 0.3) is 99.9 Å². The van der Waals surface area contributed by atoms with E-state index in [2.05, 4.69) is 121 Å². The van der Waals surface area contributed by atoms with Crippen molar-refractivity contribution in [1.29, 1.82) is 0 Å². The lowest BCUT2D eigenvalue weighted by Gasteiger charge is -2.13. The molecule has 0 radical (unpaired) electrons. The molecule has 10 rings (SSSR count). The first-order valence-electron chi connectivity index (χ1n) is 17.1. The van der Waals surface area contributed by atoms with Crippen molar-refractivity contribution in [3.8, 4) is 56.4 Å². The molecule has 4 heteroatoms. The van der Waals surface area contributed by atoms with Crippen molar-refractivity contribution in [1.82, 2.24) is 15.0 Å². The predicted molar refractivity (Wildman–Crippen MR) is 209 cm³/mol. The van der Waals surface area contributed by atoms with Crippen LogP contribution in [0.1, 0.15) is 0 Å². The Kier molecular flexibility index (Phi) is 6.78. The van der Waals surface area contributed by atoms with Crippen LogP contribution in [0, 0.1) is 0 Å². The number of para-hydroxylation sites is 1. The van der Waals surface area contributed by atoms with Gasteiger partial charge in [0.25, 0.3) is 0 Å². The van der Waals surface area contributed by atoms with E-state index in [1.807, 2.05) is 54.6 Å². The van der Waals surface area contributed by atoms with E-state index in [-0.39, 0.29) is 0 Å². The van der Waals surface area contributed by atoms with Gasteiger partial charge in [0.15, 0.2) is 17.5 Å². The van der Waals surface area contributed by atoms with Gasteiger partial charge in [-0.05, 0) is 68.7 Å². The summed E-state index contributed by atoms with van der Waals surface area (Å²) in [4.78, 5) is 15.5. The highest BCUT2D eigenvalue weighted by Gasteiger charge is 2.19. The zero-order valence-electron chi connectivity index (χ0n) is 27.5. The summed E-state index contributed by atoms with van der Waals surface area (Å²) in [5.74, 6) is 1.85. The molecule has 238 valence electrons. The van der Waals surface area contributed by atoms with Crippen LogP contribution in [0.3, 0.4) is 0 Å². The summed E-state index contributed by atoms with van der Waals surface area (Å²) in [5, 5.41) is 6.71. The van der Waals surface area contributed by atoms with E-state index in [1.54, 1.807) is 0 Å². The lowest BCUT2D eigenvalue weighted by molar-refractivity contribution is 0.673. The van der Waals surface area contributed by atoms with E-state index in [0.29, 0.717) is 17.5 Å². The Balaban J connectivity index is 1.23. The van der Waals surface area contributed by atoms with Crippen molar-refractivity contribution < 1.29 is 4.42 Å². The minimum atomic E-state index is 0.612. The molecule has 0 aliphatic heterocycles. The number of hydrogen-bond donors (Lipinski definition) is 0. The molecule has 51 heavy (non-hydrogen) atoms. The second-order valence-corrected chi connectivity index (χ2v) is 12.8. The molecule has 0 fully saturated rings. The summed E-state index contributed by atoms with van der Waals surface area (Å²) >= 11 is 0. The summed E-state index contributed by atoms with van der Waals surface area (Å²) in [5.41, 5.74) is 8.99. The average molecular weight is 652 g/mol. The van der Waals surface area contributed by atoms with Gasteiger partial charge in [0.05, 0.1) is 0 Å². The van der Waals surface area contributed by atoms with Gasteiger partial charge in [-0.25, -0.2) is 15.0 Å². The third kappa shape index (κ3) is 5.04. The first-order chi connectivity index (χ1) is 25.3. The maximum absolute atomic E-state index is 6.53. The molecule has 2 aromatic heterocycles. The van der Waals surface area contributed by atoms with E-state index in [1.165, 1.54) is 0 Å². The molecular formula is C47H29N3O. The highest BCUT2D eigenvalue weighted by atomic mass is 16.3. The maximum Gasteiger partial charge on any atom is 0.164 e. The average Bonchev–Trinajstić information content (AvgIpc) is 3.62. The van der Waals surface area contributed by atoms with Crippen LogP contribution in [0.15, 0.2) is 180 Å². The van der Waals surface area contributed by atoms with E-state index >= 15 is 0 Å². The van der Waals surface area contributed by atoms with E-state index in [9.17, 15) is 0 Å². The SMILES string of the molecule is c1ccc(-c2cc(-c3ccccc3)cc(-c3nc(-c4ccccc4)nc(-c4ccc5c6ccccc6c6oc7ccccc7c6c5c4)n3)c2)cc1. The Morgan fingerprint density at radius 1 is 0.294 bits per heavy atom. The summed E-state index contributed by atoms with van der Waals surface area (Å²) < 4.78 is 6.53. The van der Waals surface area contributed by atoms with Crippen molar-refractivity contribution >= 4 is 43.5 Å². The molecule has 0 saturated carbocycles. The lowest BCUT2D eigenvalue weighted by Crippen LogP contribution is -2.00. The molecule has 2 heterocycles. The minimum absolute atomic E-state index is 0.612. The molecule has 10 aromatic rings. The monoisotopic (exact) mass is 651 g/mol. The number of hydrogen-bond acceptors (Lipinski definition) is 4. The van der Waals surface area contributed by atoms with Crippen LogP contribution in [0.4, 0.5) is 0 Å². The second-order valence-electron chi connectivity index (χ2n) is 12.8. The molecule has 4 nitrogen and oxygen atoms in total. The number of aromatic nitrogens is 3. The van der Waals surface area contributed by atoms with Gasteiger partial charge in [-0.3, -0.25) is 0 Å². The summed E-state index contributed by atoms with van der Waals surface area (Å²) in [7, 11) is 0. The van der Waals surface area contributed by atoms with Crippen LogP contribution >= 0.6 is 0 Å². The van der Waals surface area contributed by atoms with Crippen molar-refractivity contribution in [2.75, 3.05) is 0 Å². The third-order valence-corrected chi connectivity index (χ3v) is 9.68. The summed E-state index contributed by atoms with van der Waals surface area (Å²) in [6.07, 6.45) is 0. The molecule has 8 aromatic carbocycles. The first-order valence-corrected chi connectivity index (χ1v) is 17.1. The van der Waals surface area contributed by atoms with Gasteiger partial charge < -0.3 is 4.42 Å². The van der Waals surface area contributed by atoms with Crippen LogP contribution in [-0.2, 0) is 0 Å². The Labute approximate surface area is 294 Å². The number of furan rings is 1. The Morgan fingerprint density at radius 2 is 0.765 bits per heavy atom. The molecule has 0 N–H and O–H groups in total. The number of benzene rings is 8. The zero-order valence-corrected chi connectivity index (χ0v) is 27.5. The van der Waals surface area contributed by atoms with Crippen LogP contribution < -0.4 is 0 Å². The van der Waals surface area contributed by atoms with Crippen LogP contribution in [-0.4, -0.2) is 15.0 Å². The fraction of sp³-hybridized carbons (Fsp3) is 0. The molecule has 0 saturated heterocycles. The lowest BCUT2D eigenvalue weighted by atomic mass is 9.95. The predicted octanol–water partition coefficient (Wildman–Crippen LogP) is 12.4. The molecule has 0 bridgehead atoms. The summed E-state index contributed by atoms with van der Waals surface area (Å²) in [6, 6.07) is 61.0. The maximum atomic E-state index is 6.53. The van der Waals surface area contributed by atoms with Gasteiger partial charge in [0.2, 0.25) is 0 Å². The smallest absolute Gasteiger partial charge is 0.164 e. The minimum Gasteiger partial charge on any atom is -0.455 e. The normalized spacial score (nSPS) is 11.5. The Bertz CT molecular complexity index is 2840. The highest BCUT2D eigenvalue weighted by Crippen LogP contribution is 2.42. The van der Waals surface area contributed by atoms with Gasteiger partial charge in [-0.1, -0.05) is 146 Å². The van der Waals surface area contributed by atoms with Gasteiger partial charge in [-0.15, -0.1) is 0 Å². The zero-order chi connectivity index (χ0) is 33.7. The highest BCUT2D eigenvalue weighted by molar-refractivity contribution is 6.30. The first kappa shape index (κ1) is 29.0. The molecule has 0 spiro atoms. The standard InChI is InChI=1S/C47H29N3O/c1-4-14-30(15-5-1)34-26-35(31-16-6-2-7-17-31)28-36(27-34)47-49-45(32-18-8-3-9-19-32)48-46(50-47)33-24-25-38-37-20-10-11-21-39(37)44-43(41(38)29-33)40-22-12-13-23-42(40)51-44/h1-29H. The summed E-state index contributed by atoms with van der Waals surface area (Å²) in [6.45, 7) is 0. The fourth-order valence-electron chi connectivity index (χ4n) is 7.25. The molecule has 0 aliphatic rings. The molecule has 0 unspecified atom stereocenters. The van der Waals surface area contributed by atoms with Crippen molar-refractivity contribution in [3.63, 3.8) is 0 Å². The van der Waals surface area contributed by atoms with Gasteiger partial charge in [0, 0.05) is 32.8 Å². The van der Waals surface area contributed by atoms with Crippen molar-refractivity contribution in [3.05, 3.63) is 176 Å². The third-order valence-electron chi connectivity index (χ3n) is 9.68. The number of fused-ring (bicyclic) bond motifs is 8. The molecule has 0 aliphatic carbocycles.